The first-order valence-corrected chi connectivity index (χ1v) is 18.8. The Morgan fingerprint density at radius 2 is 1.13 bits per heavy atom. The molecule has 0 unspecified atom stereocenters. The number of nitrogens with one attached hydrogen (secondary N) is 1. The third kappa shape index (κ3) is 17.0. The van der Waals surface area contributed by atoms with Gasteiger partial charge in [0.15, 0.2) is 0 Å². The van der Waals surface area contributed by atoms with E-state index in [1.165, 1.54) is 37.7 Å². The predicted octanol–water partition coefficient (Wildman–Crippen LogP) is 8.04. The van der Waals surface area contributed by atoms with Gasteiger partial charge in [0.2, 0.25) is 0 Å². The van der Waals surface area contributed by atoms with E-state index < -0.39 is 14.9 Å². The van der Waals surface area contributed by atoms with Gasteiger partial charge >= 0.3 is 14.9 Å². The summed E-state index contributed by atoms with van der Waals surface area (Å²) in [5.74, 6) is 1.78. The molecule has 0 aliphatic rings. The molecule has 254 valence electrons. The lowest BCUT2D eigenvalue weighted by molar-refractivity contribution is 0.0683. The molecule has 45 heavy (non-hydrogen) atoms. The molecule has 0 saturated heterocycles. The fraction of sp³-hybridized carbons (Fsp3) is 0.629. The summed E-state index contributed by atoms with van der Waals surface area (Å²) in [6, 6.07) is 17.0. The van der Waals surface area contributed by atoms with Gasteiger partial charge < -0.3 is 37.5 Å². The lowest BCUT2D eigenvalue weighted by Crippen LogP contribution is -2.46. The first-order chi connectivity index (χ1) is 22.1. The van der Waals surface area contributed by atoms with Gasteiger partial charge in [-0.25, -0.2) is 4.79 Å². The minimum atomic E-state index is -2.67. The number of unbranched alkanes of at least 4 members (excludes halogenated alkanes) is 7. The summed E-state index contributed by atoms with van der Waals surface area (Å²) < 4.78 is 39.5. The standard InChI is InChI=1S/C35H57NO8Si/c1-5-42-45(43-6-2,44-7-3)30-16-25-36-35(37)41-29-28-39-26-14-12-10-8-9-11-13-15-27-40-34-23-19-32(20-24-34)31-17-21-33(38-4)22-18-31/h17-24H,5-16,25-30H2,1-4H3,(H,36,37). The summed E-state index contributed by atoms with van der Waals surface area (Å²) in [5, 5.41) is 2.77. The first-order valence-electron chi connectivity index (χ1n) is 16.8. The molecule has 0 saturated carbocycles. The molecule has 0 radical (unpaired) electrons. The van der Waals surface area contributed by atoms with Gasteiger partial charge in [-0.15, -0.1) is 0 Å². The lowest BCUT2D eigenvalue weighted by Gasteiger charge is -2.28. The predicted molar refractivity (Wildman–Crippen MR) is 181 cm³/mol. The van der Waals surface area contributed by atoms with Gasteiger partial charge in [0.05, 0.1) is 20.3 Å². The monoisotopic (exact) mass is 647 g/mol. The average molecular weight is 648 g/mol. The van der Waals surface area contributed by atoms with Gasteiger partial charge in [0.1, 0.15) is 18.1 Å². The topological polar surface area (TPSA) is 93.7 Å². The Morgan fingerprint density at radius 3 is 1.67 bits per heavy atom. The number of hydrogen-bond acceptors (Lipinski definition) is 8. The van der Waals surface area contributed by atoms with Crippen LogP contribution in [0.25, 0.3) is 11.1 Å². The first kappa shape index (κ1) is 38.5. The van der Waals surface area contributed by atoms with Crippen LogP contribution in [0.2, 0.25) is 6.04 Å². The van der Waals surface area contributed by atoms with Crippen molar-refractivity contribution in [3.8, 4) is 22.6 Å². The molecule has 0 spiro atoms. The maximum absolute atomic E-state index is 11.9. The Bertz CT molecular complexity index is 989. The number of amides is 1. The zero-order chi connectivity index (χ0) is 32.4. The lowest BCUT2D eigenvalue weighted by atomic mass is 10.1. The van der Waals surface area contributed by atoms with E-state index in [1.54, 1.807) is 7.11 Å². The van der Waals surface area contributed by atoms with Crippen molar-refractivity contribution in [1.29, 1.82) is 0 Å². The van der Waals surface area contributed by atoms with E-state index in [1.807, 2.05) is 45.0 Å². The summed E-state index contributed by atoms with van der Waals surface area (Å²) in [5.41, 5.74) is 2.33. The van der Waals surface area contributed by atoms with Gasteiger partial charge in [-0.3, -0.25) is 0 Å². The van der Waals surface area contributed by atoms with Crippen LogP contribution >= 0.6 is 0 Å². The molecular weight excluding hydrogens is 590 g/mol. The molecule has 9 nitrogen and oxygen atoms in total. The van der Waals surface area contributed by atoms with Gasteiger partial charge in [-0.05, 0) is 75.4 Å². The van der Waals surface area contributed by atoms with Crippen LogP contribution in [0.3, 0.4) is 0 Å². The minimum absolute atomic E-state index is 0.250. The second-order valence-corrected chi connectivity index (χ2v) is 13.4. The van der Waals surface area contributed by atoms with Crippen molar-refractivity contribution in [3.05, 3.63) is 48.5 Å². The fourth-order valence-electron chi connectivity index (χ4n) is 4.93. The van der Waals surface area contributed by atoms with Crippen molar-refractivity contribution < 1.29 is 37.0 Å². The molecule has 1 amide bonds. The Hall–Kier alpha value is -2.63. The third-order valence-corrected chi connectivity index (χ3v) is 10.4. The Labute approximate surface area is 272 Å². The normalized spacial score (nSPS) is 11.4. The van der Waals surface area contributed by atoms with Gasteiger partial charge in [-0.1, -0.05) is 62.8 Å². The summed E-state index contributed by atoms with van der Waals surface area (Å²) in [6.07, 6.45) is 9.70. The van der Waals surface area contributed by atoms with Crippen molar-refractivity contribution in [1.82, 2.24) is 5.32 Å². The molecule has 0 fully saturated rings. The van der Waals surface area contributed by atoms with E-state index in [9.17, 15) is 4.79 Å². The zero-order valence-corrected chi connectivity index (χ0v) is 29.1. The van der Waals surface area contributed by atoms with Crippen molar-refractivity contribution in [2.75, 3.05) is 59.9 Å². The Morgan fingerprint density at radius 1 is 0.622 bits per heavy atom. The number of alkyl carbamates (subject to hydrolysis) is 1. The van der Waals surface area contributed by atoms with Crippen molar-refractivity contribution in [2.24, 2.45) is 0 Å². The highest BCUT2D eigenvalue weighted by molar-refractivity contribution is 6.60. The number of carbonyl (C=O) groups is 1. The molecule has 2 rings (SSSR count). The van der Waals surface area contributed by atoms with E-state index in [0.29, 0.717) is 52.0 Å². The molecule has 0 aliphatic carbocycles. The number of carbonyl (C=O) groups excluding carboxylic acids is 1. The molecule has 0 aliphatic heterocycles. The highest BCUT2D eigenvalue weighted by Crippen LogP contribution is 2.25. The highest BCUT2D eigenvalue weighted by atomic mass is 28.4. The molecule has 1 N–H and O–H groups in total. The van der Waals surface area contributed by atoms with Crippen LogP contribution in [0.4, 0.5) is 4.79 Å². The number of benzene rings is 2. The van der Waals surface area contributed by atoms with Crippen LogP contribution in [-0.4, -0.2) is 74.8 Å². The molecule has 0 aromatic heterocycles. The summed E-state index contributed by atoms with van der Waals surface area (Å²) in [4.78, 5) is 11.9. The second-order valence-electron chi connectivity index (χ2n) is 10.7. The van der Waals surface area contributed by atoms with Crippen molar-refractivity contribution >= 4 is 14.9 Å². The maximum Gasteiger partial charge on any atom is 0.500 e. The van der Waals surface area contributed by atoms with Crippen LogP contribution in [0, 0.1) is 0 Å². The average Bonchev–Trinajstić information content (AvgIpc) is 3.05. The number of methoxy groups -OCH3 is 1. The highest BCUT2D eigenvalue weighted by Gasteiger charge is 2.39. The van der Waals surface area contributed by atoms with Crippen LogP contribution < -0.4 is 14.8 Å². The summed E-state index contributed by atoms with van der Waals surface area (Å²) in [6.45, 7) is 10.0. The number of ether oxygens (including phenoxy) is 4. The van der Waals surface area contributed by atoms with E-state index >= 15 is 0 Å². The van der Waals surface area contributed by atoms with Crippen molar-refractivity contribution in [2.45, 2.75) is 84.6 Å². The molecule has 0 bridgehead atoms. The molecule has 0 atom stereocenters. The molecule has 0 heterocycles. The second kappa shape index (κ2) is 24.6. The van der Waals surface area contributed by atoms with Crippen LogP contribution in [-0.2, 0) is 22.8 Å². The van der Waals surface area contributed by atoms with E-state index in [4.69, 9.17) is 32.2 Å². The van der Waals surface area contributed by atoms with Gasteiger partial charge in [0, 0.05) is 39.0 Å². The molecule has 2 aromatic carbocycles. The smallest absolute Gasteiger partial charge is 0.497 e. The summed E-state index contributed by atoms with van der Waals surface area (Å²) >= 11 is 0. The van der Waals surface area contributed by atoms with Crippen molar-refractivity contribution in [3.63, 3.8) is 0 Å². The van der Waals surface area contributed by atoms with Crippen LogP contribution in [0.15, 0.2) is 48.5 Å². The number of hydrogen-bond donors (Lipinski definition) is 1. The molecular formula is C35H57NO8Si. The van der Waals surface area contributed by atoms with Gasteiger partial charge in [0.25, 0.3) is 0 Å². The third-order valence-electron chi connectivity index (χ3n) is 7.21. The maximum atomic E-state index is 11.9. The zero-order valence-electron chi connectivity index (χ0n) is 28.1. The van der Waals surface area contributed by atoms with Gasteiger partial charge in [-0.2, -0.15) is 0 Å². The SMILES string of the molecule is CCO[Si](CCCNC(=O)OCCOCCCCCCCCCCOc1ccc(-c2ccc(OC)cc2)cc1)(OCC)OCC. The number of rotatable bonds is 27. The molecule has 2 aromatic rings. The minimum Gasteiger partial charge on any atom is -0.497 e. The quantitative estimate of drug-likeness (QED) is 0.0769. The van der Waals surface area contributed by atoms with Crippen LogP contribution in [0.1, 0.15) is 78.6 Å². The Balaban J connectivity index is 1.36. The largest absolute Gasteiger partial charge is 0.500 e. The fourth-order valence-corrected chi connectivity index (χ4v) is 7.54. The molecule has 10 heteroatoms. The van der Waals surface area contributed by atoms with E-state index in [0.717, 1.165) is 42.9 Å². The Kier molecular flexibility index (Phi) is 21.1. The van der Waals surface area contributed by atoms with Crippen LogP contribution in [0.5, 0.6) is 11.5 Å². The van der Waals surface area contributed by atoms with E-state index in [2.05, 4.69) is 29.6 Å². The summed E-state index contributed by atoms with van der Waals surface area (Å²) in [7, 11) is -0.992. The van der Waals surface area contributed by atoms with E-state index in [-0.39, 0.29) is 6.61 Å².